The Morgan fingerprint density at radius 2 is 2.36 bits per heavy atom. The number of hydrogen-bond donors (Lipinski definition) is 2. The van der Waals surface area contributed by atoms with Crippen molar-refractivity contribution >= 4 is 15.8 Å². The fourth-order valence-corrected chi connectivity index (χ4v) is 2.55. The van der Waals surface area contributed by atoms with Crippen molar-refractivity contribution in [3.05, 3.63) is 11.5 Å². The van der Waals surface area contributed by atoms with E-state index in [2.05, 4.69) is 5.32 Å². The van der Waals surface area contributed by atoms with Gasteiger partial charge in [-0.25, -0.2) is 8.42 Å². The second-order valence-electron chi connectivity index (χ2n) is 3.23. The fraction of sp³-hybridized carbons (Fsp3) is 0.625. The normalized spacial score (nSPS) is 26.2. The van der Waals surface area contributed by atoms with Crippen LogP contribution in [0.4, 0.5) is 0 Å². The number of sulfone groups is 1. The van der Waals surface area contributed by atoms with Crippen LogP contribution in [0.5, 0.6) is 0 Å². The van der Waals surface area contributed by atoms with Crippen LogP contribution < -0.4 is 5.32 Å². The average molecular weight is 219 g/mol. The quantitative estimate of drug-likeness (QED) is 0.681. The minimum Gasteiger partial charge on any atom is -0.480 e. The van der Waals surface area contributed by atoms with E-state index in [9.17, 15) is 13.2 Å². The first-order valence-corrected chi connectivity index (χ1v) is 6.06. The fourth-order valence-electron chi connectivity index (χ4n) is 1.30. The van der Waals surface area contributed by atoms with Crippen molar-refractivity contribution in [2.75, 3.05) is 5.75 Å². The third-order valence-electron chi connectivity index (χ3n) is 2.05. The molecule has 0 spiro atoms. The molecule has 0 aromatic carbocycles. The van der Waals surface area contributed by atoms with Crippen LogP contribution >= 0.6 is 0 Å². The van der Waals surface area contributed by atoms with Crippen molar-refractivity contribution in [3.8, 4) is 0 Å². The number of carbonyl (C=O) groups is 1. The van der Waals surface area contributed by atoms with Gasteiger partial charge >= 0.3 is 5.97 Å². The Morgan fingerprint density at radius 3 is 2.71 bits per heavy atom. The molecule has 1 aliphatic rings. The topological polar surface area (TPSA) is 83.5 Å². The van der Waals surface area contributed by atoms with Gasteiger partial charge in [0.15, 0.2) is 9.84 Å². The van der Waals surface area contributed by atoms with E-state index in [0.29, 0.717) is 6.42 Å². The van der Waals surface area contributed by atoms with Gasteiger partial charge in [-0.05, 0) is 6.42 Å². The number of carboxylic acids is 1. The molecule has 2 unspecified atom stereocenters. The van der Waals surface area contributed by atoms with E-state index in [1.165, 1.54) is 6.08 Å². The van der Waals surface area contributed by atoms with Crippen LogP contribution in [0.15, 0.2) is 11.5 Å². The highest BCUT2D eigenvalue weighted by atomic mass is 32.2. The van der Waals surface area contributed by atoms with Gasteiger partial charge in [-0.2, -0.15) is 0 Å². The number of nitrogens with one attached hydrogen (secondary N) is 1. The highest BCUT2D eigenvalue weighted by molar-refractivity contribution is 7.94. The molecule has 5 nitrogen and oxygen atoms in total. The zero-order valence-corrected chi connectivity index (χ0v) is 8.62. The first kappa shape index (κ1) is 11.2. The first-order chi connectivity index (χ1) is 6.44. The molecule has 2 atom stereocenters. The van der Waals surface area contributed by atoms with Crippen LogP contribution in [0.25, 0.3) is 0 Å². The van der Waals surface area contributed by atoms with Crippen molar-refractivity contribution in [1.82, 2.24) is 5.32 Å². The second-order valence-corrected chi connectivity index (χ2v) is 5.16. The maximum absolute atomic E-state index is 11.0. The number of rotatable bonds is 4. The molecule has 0 aromatic heterocycles. The molecule has 0 bridgehead atoms. The highest BCUT2D eigenvalue weighted by Gasteiger charge is 2.25. The van der Waals surface area contributed by atoms with Crippen molar-refractivity contribution < 1.29 is 18.3 Å². The summed E-state index contributed by atoms with van der Waals surface area (Å²) in [6.45, 7) is 1.74. The molecule has 1 heterocycles. The molecule has 0 saturated heterocycles. The van der Waals surface area contributed by atoms with Gasteiger partial charge in [-0.1, -0.05) is 13.0 Å². The monoisotopic (exact) mass is 219 g/mol. The zero-order valence-electron chi connectivity index (χ0n) is 7.80. The summed E-state index contributed by atoms with van der Waals surface area (Å²) in [5.41, 5.74) is 0. The number of carboxylic acid groups (broad SMARTS) is 1. The van der Waals surface area contributed by atoms with E-state index < -0.39 is 21.8 Å². The van der Waals surface area contributed by atoms with E-state index in [1.807, 2.05) is 0 Å². The van der Waals surface area contributed by atoms with Crippen molar-refractivity contribution in [3.63, 3.8) is 0 Å². The summed E-state index contributed by atoms with van der Waals surface area (Å²) in [5, 5.41) is 12.6. The third-order valence-corrected chi connectivity index (χ3v) is 3.45. The van der Waals surface area contributed by atoms with Gasteiger partial charge in [-0.15, -0.1) is 0 Å². The minimum atomic E-state index is -3.11. The Hall–Kier alpha value is -0.880. The van der Waals surface area contributed by atoms with Gasteiger partial charge in [0, 0.05) is 11.4 Å². The lowest BCUT2D eigenvalue weighted by Gasteiger charge is -2.15. The molecule has 80 valence electrons. The number of aliphatic carboxylic acids is 1. The lowest BCUT2D eigenvalue weighted by atomic mass is 10.2. The molecule has 14 heavy (non-hydrogen) atoms. The molecule has 0 amide bonds. The van der Waals surface area contributed by atoms with E-state index in [-0.39, 0.29) is 11.8 Å². The molecule has 1 rings (SSSR count). The molecule has 0 aromatic rings. The van der Waals surface area contributed by atoms with Gasteiger partial charge in [0.1, 0.15) is 6.04 Å². The first-order valence-electron chi connectivity index (χ1n) is 4.34. The van der Waals surface area contributed by atoms with Gasteiger partial charge in [0.05, 0.1) is 5.75 Å². The molecule has 0 saturated carbocycles. The Bertz CT molecular complexity index is 346. The summed E-state index contributed by atoms with van der Waals surface area (Å²) in [7, 11) is -3.11. The SMILES string of the molecule is CCC(NC1C=CS(=O)(=O)C1)C(=O)O. The molecular formula is C8H13NO4S. The van der Waals surface area contributed by atoms with Gasteiger partial charge in [0.25, 0.3) is 0 Å². The number of hydrogen-bond acceptors (Lipinski definition) is 4. The smallest absolute Gasteiger partial charge is 0.320 e. The highest BCUT2D eigenvalue weighted by Crippen LogP contribution is 2.09. The lowest BCUT2D eigenvalue weighted by molar-refractivity contribution is -0.139. The average Bonchev–Trinajstić information content (AvgIpc) is 2.41. The Morgan fingerprint density at radius 1 is 1.71 bits per heavy atom. The van der Waals surface area contributed by atoms with Crippen LogP contribution in [-0.4, -0.2) is 37.3 Å². The largest absolute Gasteiger partial charge is 0.480 e. The molecule has 2 N–H and O–H groups in total. The van der Waals surface area contributed by atoms with E-state index in [4.69, 9.17) is 5.11 Å². The summed E-state index contributed by atoms with van der Waals surface area (Å²) in [6, 6.07) is -1.06. The van der Waals surface area contributed by atoms with Crippen LogP contribution in [0, 0.1) is 0 Å². The summed E-state index contributed by atoms with van der Waals surface area (Å²) in [4.78, 5) is 10.6. The third kappa shape index (κ3) is 2.81. The molecule has 6 heteroatoms. The van der Waals surface area contributed by atoms with Crippen molar-refractivity contribution in [2.24, 2.45) is 0 Å². The van der Waals surface area contributed by atoms with Crippen molar-refractivity contribution in [1.29, 1.82) is 0 Å². The minimum absolute atomic E-state index is 0.0449. The van der Waals surface area contributed by atoms with E-state index in [0.717, 1.165) is 5.41 Å². The lowest BCUT2D eigenvalue weighted by Crippen LogP contribution is -2.43. The Kier molecular flexibility index (Phi) is 3.28. The maximum Gasteiger partial charge on any atom is 0.320 e. The maximum atomic E-state index is 11.0. The Labute approximate surface area is 82.7 Å². The zero-order chi connectivity index (χ0) is 10.8. The predicted molar refractivity (Wildman–Crippen MR) is 51.6 cm³/mol. The summed E-state index contributed by atoms with van der Waals surface area (Å²) in [6.07, 6.45) is 1.92. The van der Waals surface area contributed by atoms with Crippen LogP contribution in [-0.2, 0) is 14.6 Å². The van der Waals surface area contributed by atoms with E-state index >= 15 is 0 Å². The van der Waals surface area contributed by atoms with Gasteiger partial charge in [0.2, 0.25) is 0 Å². The molecule has 0 fully saturated rings. The second kappa shape index (κ2) is 4.10. The Balaban J connectivity index is 2.55. The summed E-state index contributed by atoms with van der Waals surface area (Å²) >= 11 is 0. The standard InChI is InChI=1S/C8H13NO4S/c1-2-7(8(10)11)9-6-3-4-14(12,13)5-6/h3-4,6-7,9H,2,5H2,1H3,(H,10,11). The van der Waals surface area contributed by atoms with Crippen LogP contribution in [0.3, 0.4) is 0 Å². The molecular weight excluding hydrogens is 206 g/mol. The molecule has 1 aliphatic heterocycles. The predicted octanol–water partition coefficient (Wildman–Crippen LogP) is -0.250. The van der Waals surface area contributed by atoms with Crippen molar-refractivity contribution in [2.45, 2.75) is 25.4 Å². The van der Waals surface area contributed by atoms with E-state index in [1.54, 1.807) is 6.92 Å². The molecule has 0 aliphatic carbocycles. The van der Waals surface area contributed by atoms with Crippen LogP contribution in [0.2, 0.25) is 0 Å². The van der Waals surface area contributed by atoms with Crippen LogP contribution in [0.1, 0.15) is 13.3 Å². The molecule has 0 radical (unpaired) electrons. The van der Waals surface area contributed by atoms with Gasteiger partial charge < -0.3 is 5.11 Å². The van der Waals surface area contributed by atoms with Gasteiger partial charge in [-0.3, -0.25) is 10.1 Å². The summed E-state index contributed by atoms with van der Waals surface area (Å²) in [5.74, 6) is -0.998. The summed E-state index contributed by atoms with van der Waals surface area (Å²) < 4.78 is 22.0.